The van der Waals surface area contributed by atoms with Gasteiger partial charge in [-0.2, -0.15) is 0 Å². The molecule has 2 unspecified atom stereocenters. The molecule has 2 aromatic rings. The maximum Gasteiger partial charge on any atom is 0.167 e. The van der Waals surface area contributed by atoms with Crippen molar-refractivity contribution >= 4 is 0 Å². The molecule has 0 radical (unpaired) electrons. The van der Waals surface area contributed by atoms with Gasteiger partial charge in [0.25, 0.3) is 0 Å². The lowest BCUT2D eigenvalue weighted by atomic mass is 9.95. The topological polar surface area (TPSA) is 18.5 Å². The Balaban J connectivity index is 1.79. The molecule has 2 aromatic carbocycles. The fourth-order valence-electron chi connectivity index (χ4n) is 3.63. The van der Waals surface area contributed by atoms with E-state index in [1.165, 1.54) is 24.3 Å². The zero-order valence-corrected chi connectivity index (χ0v) is 16.4. The Bertz CT molecular complexity index is 799. The molecule has 0 N–H and O–H groups in total. The summed E-state index contributed by atoms with van der Waals surface area (Å²) in [4.78, 5) is 0. The summed E-state index contributed by atoms with van der Waals surface area (Å²) in [5.41, 5.74) is 1.03. The predicted molar refractivity (Wildman–Crippen MR) is 104 cm³/mol. The first-order valence-corrected chi connectivity index (χ1v) is 10.0. The maximum atomic E-state index is 14.8. The molecule has 1 aliphatic rings. The van der Waals surface area contributed by atoms with E-state index in [-0.39, 0.29) is 22.8 Å². The number of halogens is 3. The van der Waals surface area contributed by atoms with Crippen LogP contribution in [-0.4, -0.2) is 19.3 Å². The second-order valence-electron chi connectivity index (χ2n) is 7.29. The molecule has 152 valence electrons. The minimum absolute atomic E-state index is 0.000822. The number of hydrogen-bond acceptors (Lipinski definition) is 2. The average molecular weight is 392 g/mol. The molecule has 5 heteroatoms. The summed E-state index contributed by atoms with van der Waals surface area (Å²) in [7, 11) is 0. The third-order valence-corrected chi connectivity index (χ3v) is 5.11. The van der Waals surface area contributed by atoms with E-state index in [1.54, 1.807) is 6.07 Å². The molecule has 0 aliphatic carbocycles. The van der Waals surface area contributed by atoms with Crippen LogP contribution in [0.15, 0.2) is 30.3 Å². The summed E-state index contributed by atoms with van der Waals surface area (Å²) in [6, 6.07) is 7.61. The zero-order valence-electron chi connectivity index (χ0n) is 16.4. The fraction of sp³-hybridized carbons (Fsp3) is 0.478. The Kier molecular flexibility index (Phi) is 7.13. The van der Waals surface area contributed by atoms with Gasteiger partial charge in [0.05, 0.1) is 18.8 Å². The van der Waals surface area contributed by atoms with E-state index in [9.17, 15) is 13.2 Å². The Hall–Kier alpha value is -1.85. The van der Waals surface area contributed by atoms with Crippen molar-refractivity contribution in [3.05, 3.63) is 58.9 Å². The van der Waals surface area contributed by atoms with Gasteiger partial charge in [0.1, 0.15) is 5.82 Å². The number of hydrogen-bond donors (Lipinski definition) is 0. The normalized spacial score (nSPS) is 19.8. The number of aryl methyl sites for hydroxylation is 1. The van der Waals surface area contributed by atoms with Crippen LogP contribution in [0.25, 0.3) is 11.1 Å². The quantitative estimate of drug-likeness (QED) is 0.545. The average Bonchev–Trinajstić information content (AvgIpc) is 2.70. The van der Waals surface area contributed by atoms with Crippen LogP contribution < -0.4 is 0 Å². The molecule has 0 amide bonds. The SMILES string of the molecule is CCCOC1CCC(c2ccc(-c3ccc(CCC)cc3F)c(F)c2F)OC1. The van der Waals surface area contributed by atoms with Gasteiger partial charge in [-0.25, -0.2) is 13.2 Å². The zero-order chi connectivity index (χ0) is 20.1. The van der Waals surface area contributed by atoms with Gasteiger partial charge in [-0.15, -0.1) is 0 Å². The van der Waals surface area contributed by atoms with Crippen molar-refractivity contribution in [2.24, 2.45) is 0 Å². The van der Waals surface area contributed by atoms with Crippen LogP contribution in [0, 0.1) is 17.5 Å². The van der Waals surface area contributed by atoms with E-state index in [0.717, 1.165) is 31.2 Å². The summed E-state index contributed by atoms with van der Waals surface area (Å²) >= 11 is 0. The summed E-state index contributed by atoms with van der Waals surface area (Å²) in [6.45, 7) is 5.07. The van der Waals surface area contributed by atoms with E-state index < -0.39 is 23.6 Å². The molecule has 1 saturated heterocycles. The maximum absolute atomic E-state index is 14.8. The van der Waals surface area contributed by atoms with E-state index in [0.29, 0.717) is 19.6 Å². The second kappa shape index (κ2) is 9.57. The van der Waals surface area contributed by atoms with Gasteiger partial charge in [-0.3, -0.25) is 0 Å². The smallest absolute Gasteiger partial charge is 0.167 e. The standard InChI is InChI=1S/C23H27F3O2/c1-3-5-15-6-8-17(20(24)13-15)18-9-10-19(23(26)22(18)25)21-11-7-16(14-28-21)27-12-4-2/h6,8-10,13,16,21H,3-5,7,11-12,14H2,1-2H3. The van der Waals surface area contributed by atoms with Crippen LogP contribution >= 0.6 is 0 Å². The number of benzene rings is 2. The molecule has 0 bridgehead atoms. The first kappa shape index (κ1) is 20.9. The van der Waals surface area contributed by atoms with Gasteiger partial charge in [0.2, 0.25) is 0 Å². The predicted octanol–water partition coefficient (Wildman–Crippen LogP) is 6.37. The van der Waals surface area contributed by atoms with Crippen molar-refractivity contribution in [1.29, 1.82) is 0 Å². The Labute approximate surface area is 164 Å². The van der Waals surface area contributed by atoms with Crippen LogP contribution in [-0.2, 0) is 15.9 Å². The molecule has 2 atom stereocenters. The van der Waals surface area contributed by atoms with Crippen LogP contribution in [0.3, 0.4) is 0 Å². The van der Waals surface area contributed by atoms with Crippen LogP contribution in [0.4, 0.5) is 13.2 Å². The first-order chi connectivity index (χ1) is 13.5. The monoisotopic (exact) mass is 392 g/mol. The highest BCUT2D eigenvalue weighted by atomic mass is 19.2. The van der Waals surface area contributed by atoms with Gasteiger partial charge >= 0.3 is 0 Å². The van der Waals surface area contributed by atoms with Crippen LogP contribution in [0.1, 0.15) is 56.8 Å². The molecular weight excluding hydrogens is 365 g/mol. The summed E-state index contributed by atoms with van der Waals surface area (Å²) in [5.74, 6) is -2.54. The summed E-state index contributed by atoms with van der Waals surface area (Å²) in [6.07, 6.45) is 3.35. The highest BCUT2D eigenvalue weighted by Gasteiger charge is 2.28. The van der Waals surface area contributed by atoms with Crippen molar-refractivity contribution in [2.75, 3.05) is 13.2 Å². The van der Waals surface area contributed by atoms with Crippen molar-refractivity contribution < 1.29 is 22.6 Å². The molecule has 1 fully saturated rings. The molecular formula is C23H27F3O2. The largest absolute Gasteiger partial charge is 0.376 e. The number of rotatable bonds is 7. The minimum atomic E-state index is -1.03. The molecule has 0 spiro atoms. The second-order valence-corrected chi connectivity index (χ2v) is 7.29. The van der Waals surface area contributed by atoms with E-state index in [1.807, 2.05) is 13.8 Å². The van der Waals surface area contributed by atoms with E-state index in [4.69, 9.17) is 9.47 Å². The molecule has 3 rings (SSSR count). The third kappa shape index (κ3) is 4.58. The van der Waals surface area contributed by atoms with Crippen LogP contribution in [0.2, 0.25) is 0 Å². The van der Waals surface area contributed by atoms with Gasteiger partial charge in [-0.05, 0) is 37.3 Å². The van der Waals surface area contributed by atoms with Crippen molar-refractivity contribution in [3.8, 4) is 11.1 Å². The fourth-order valence-corrected chi connectivity index (χ4v) is 3.63. The lowest BCUT2D eigenvalue weighted by Gasteiger charge is -2.29. The molecule has 0 saturated carbocycles. The van der Waals surface area contributed by atoms with E-state index in [2.05, 4.69) is 0 Å². The van der Waals surface area contributed by atoms with Crippen molar-refractivity contribution in [2.45, 2.75) is 58.2 Å². The third-order valence-electron chi connectivity index (χ3n) is 5.11. The van der Waals surface area contributed by atoms with Crippen molar-refractivity contribution in [3.63, 3.8) is 0 Å². The lowest BCUT2D eigenvalue weighted by Crippen LogP contribution is -2.28. The molecule has 0 aromatic heterocycles. The van der Waals surface area contributed by atoms with E-state index >= 15 is 0 Å². The van der Waals surface area contributed by atoms with Crippen molar-refractivity contribution in [1.82, 2.24) is 0 Å². The molecule has 2 nitrogen and oxygen atoms in total. The van der Waals surface area contributed by atoms with Gasteiger partial charge in [0, 0.05) is 23.3 Å². The highest BCUT2D eigenvalue weighted by Crippen LogP contribution is 2.35. The van der Waals surface area contributed by atoms with Crippen LogP contribution in [0.5, 0.6) is 0 Å². The Morgan fingerprint density at radius 1 is 0.964 bits per heavy atom. The highest BCUT2D eigenvalue weighted by molar-refractivity contribution is 5.66. The summed E-state index contributed by atoms with van der Waals surface area (Å²) in [5, 5.41) is 0. The van der Waals surface area contributed by atoms with Gasteiger partial charge in [-0.1, -0.05) is 44.5 Å². The molecule has 28 heavy (non-hydrogen) atoms. The lowest BCUT2D eigenvalue weighted by molar-refractivity contribution is -0.0875. The number of ether oxygens (including phenoxy) is 2. The molecule has 1 aliphatic heterocycles. The first-order valence-electron chi connectivity index (χ1n) is 10.0. The summed E-state index contributed by atoms with van der Waals surface area (Å²) < 4.78 is 55.3. The van der Waals surface area contributed by atoms with Gasteiger partial charge in [0.15, 0.2) is 11.6 Å². The Morgan fingerprint density at radius 3 is 2.39 bits per heavy atom. The van der Waals surface area contributed by atoms with Gasteiger partial charge < -0.3 is 9.47 Å². The minimum Gasteiger partial charge on any atom is -0.376 e. The Morgan fingerprint density at radius 2 is 1.75 bits per heavy atom. The molecule has 1 heterocycles.